The number of ether oxygens (including phenoxy) is 3. The molecule has 4 rings (SSSR count). The van der Waals surface area contributed by atoms with Crippen molar-refractivity contribution in [2.75, 3.05) is 21.3 Å². The Hall–Kier alpha value is -4.15. The Morgan fingerprint density at radius 3 is 2.71 bits per heavy atom. The fourth-order valence-corrected chi connectivity index (χ4v) is 3.15. The van der Waals surface area contributed by atoms with E-state index in [0.717, 1.165) is 0 Å². The van der Waals surface area contributed by atoms with E-state index in [1.807, 2.05) is 0 Å². The van der Waals surface area contributed by atoms with Gasteiger partial charge in [0.05, 0.1) is 26.9 Å². The standard InChI is InChI=1S/C20H19N5O6/c1-28-14-5-4-11(8-15(14)29-2)18-21-16(31-24-18)6-7-25-9-12-17(22-23-19(12)26)13(10-25)20(27)30-3/h4-5,8-10H,6-7H2,1-3H3,(H,23,26). The third-order valence-corrected chi connectivity index (χ3v) is 4.71. The fourth-order valence-electron chi connectivity index (χ4n) is 3.15. The van der Waals surface area contributed by atoms with Crippen LogP contribution in [-0.4, -0.2) is 52.2 Å². The number of fused-ring (bicyclic) bond motifs is 1. The normalized spacial score (nSPS) is 10.9. The van der Waals surface area contributed by atoms with Crippen LogP contribution in [0.2, 0.25) is 0 Å². The number of H-pyrrole nitrogens is 1. The van der Waals surface area contributed by atoms with Crippen molar-refractivity contribution in [3.05, 3.63) is 52.4 Å². The summed E-state index contributed by atoms with van der Waals surface area (Å²) < 4.78 is 22.4. The minimum atomic E-state index is -0.584. The van der Waals surface area contributed by atoms with Crippen LogP contribution in [0.5, 0.6) is 11.5 Å². The first kappa shape index (κ1) is 20.1. The van der Waals surface area contributed by atoms with Crippen molar-refractivity contribution in [1.82, 2.24) is 24.9 Å². The lowest BCUT2D eigenvalue weighted by atomic mass is 10.1. The summed E-state index contributed by atoms with van der Waals surface area (Å²) in [6.07, 6.45) is 3.56. The molecule has 31 heavy (non-hydrogen) atoms. The maximum absolute atomic E-state index is 12.1. The highest BCUT2D eigenvalue weighted by molar-refractivity contribution is 5.95. The van der Waals surface area contributed by atoms with Gasteiger partial charge in [-0.25, -0.2) is 9.89 Å². The molecule has 0 saturated carbocycles. The van der Waals surface area contributed by atoms with Crippen LogP contribution in [-0.2, 0) is 17.7 Å². The molecule has 0 bridgehead atoms. The van der Waals surface area contributed by atoms with Gasteiger partial charge in [-0.3, -0.25) is 4.79 Å². The highest BCUT2D eigenvalue weighted by Gasteiger charge is 2.22. The Morgan fingerprint density at radius 2 is 1.97 bits per heavy atom. The average molecular weight is 425 g/mol. The molecule has 0 saturated heterocycles. The molecule has 0 atom stereocenters. The van der Waals surface area contributed by atoms with Crippen molar-refractivity contribution in [1.29, 1.82) is 0 Å². The molecule has 0 unspecified atom stereocenters. The number of hydrogen-bond donors (Lipinski definition) is 1. The molecule has 2 aromatic rings. The van der Waals surface area contributed by atoms with Gasteiger partial charge in [0.1, 0.15) is 11.3 Å². The van der Waals surface area contributed by atoms with Gasteiger partial charge in [0.15, 0.2) is 11.5 Å². The molecule has 1 aromatic carbocycles. The lowest BCUT2D eigenvalue weighted by Crippen LogP contribution is -2.13. The third kappa shape index (κ3) is 3.84. The minimum Gasteiger partial charge on any atom is -0.493 e. The first-order chi connectivity index (χ1) is 15.0. The summed E-state index contributed by atoms with van der Waals surface area (Å²) >= 11 is 0. The highest BCUT2D eigenvalue weighted by atomic mass is 16.5. The lowest BCUT2D eigenvalue weighted by Gasteiger charge is -2.10. The Balaban J connectivity index is 1.56. The second-order valence-electron chi connectivity index (χ2n) is 6.55. The molecule has 11 nitrogen and oxygen atoms in total. The number of carbonyl (C=O) groups excluding carboxylic acids is 1. The number of aromatic nitrogens is 5. The summed E-state index contributed by atoms with van der Waals surface area (Å²) in [6.45, 7) is 0.387. The number of pyridine rings is 1. The second-order valence-corrected chi connectivity index (χ2v) is 6.55. The van der Waals surface area contributed by atoms with Crippen LogP contribution >= 0.6 is 0 Å². The summed E-state index contributed by atoms with van der Waals surface area (Å²) in [5, 5.41) is 10.3. The SMILES string of the molecule is COC(=O)c1cn(CCc2nc(-c3ccc(OC)c(OC)c3)no2)cc2c(=O)[nH]nc1-2. The summed E-state index contributed by atoms with van der Waals surface area (Å²) in [5.41, 5.74) is 1.07. The van der Waals surface area contributed by atoms with Gasteiger partial charge in [0, 0.05) is 30.9 Å². The molecule has 0 spiro atoms. The largest absolute Gasteiger partial charge is 0.493 e. The van der Waals surface area contributed by atoms with Crippen LogP contribution in [0.3, 0.4) is 0 Å². The second kappa shape index (κ2) is 8.30. The van der Waals surface area contributed by atoms with Crippen molar-refractivity contribution in [2.24, 2.45) is 0 Å². The molecular formula is C20H19N5O6. The molecule has 160 valence electrons. The summed E-state index contributed by atoms with van der Waals surface area (Å²) in [6, 6.07) is 5.32. The Kier molecular flexibility index (Phi) is 5.39. The highest BCUT2D eigenvalue weighted by Crippen LogP contribution is 2.31. The zero-order valence-corrected chi connectivity index (χ0v) is 17.0. The third-order valence-electron chi connectivity index (χ3n) is 4.71. The number of rotatable bonds is 7. The summed E-state index contributed by atoms with van der Waals surface area (Å²) in [7, 11) is 4.38. The van der Waals surface area contributed by atoms with Crippen LogP contribution in [0.1, 0.15) is 16.2 Å². The van der Waals surface area contributed by atoms with Gasteiger partial charge in [0.2, 0.25) is 11.7 Å². The molecule has 2 aliphatic heterocycles. The Morgan fingerprint density at radius 1 is 1.16 bits per heavy atom. The van der Waals surface area contributed by atoms with Crippen molar-refractivity contribution in [2.45, 2.75) is 13.0 Å². The van der Waals surface area contributed by atoms with Gasteiger partial charge in [-0.05, 0) is 18.2 Å². The number of benzene rings is 1. The number of nitrogens with one attached hydrogen (secondary N) is 1. The predicted molar refractivity (Wildman–Crippen MR) is 107 cm³/mol. The predicted octanol–water partition coefficient (Wildman–Crippen LogP) is 1.77. The van der Waals surface area contributed by atoms with E-state index in [4.69, 9.17) is 18.7 Å². The van der Waals surface area contributed by atoms with E-state index in [9.17, 15) is 9.59 Å². The van der Waals surface area contributed by atoms with Crippen molar-refractivity contribution >= 4 is 5.97 Å². The lowest BCUT2D eigenvalue weighted by molar-refractivity contribution is 0.0600. The molecule has 2 aliphatic rings. The Labute approximate surface area is 175 Å². The Bertz CT molecular complexity index is 1260. The van der Waals surface area contributed by atoms with Gasteiger partial charge < -0.3 is 23.3 Å². The van der Waals surface area contributed by atoms with E-state index in [-0.39, 0.29) is 16.8 Å². The number of carbonyl (C=O) groups is 1. The number of methoxy groups -OCH3 is 3. The van der Waals surface area contributed by atoms with Crippen molar-refractivity contribution in [3.63, 3.8) is 0 Å². The zero-order chi connectivity index (χ0) is 22.0. The minimum absolute atomic E-state index is 0.190. The maximum Gasteiger partial charge on any atom is 0.341 e. The van der Waals surface area contributed by atoms with E-state index in [1.165, 1.54) is 7.11 Å². The maximum atomic E-state index is 12.1. The van der Waals surface area contributed by atoms with Crippen LogP contribution in [0.25, 0.3) is 22.6 Å². The van der Waals surface area contributed by atoms with Crippen molar-refractivity contribution in [3.8, 4) is 34.1 Å². The van der Waals surface area contributed by atoms with E-state index < -0.39 is 5.97 Å². The van der Waals surface area contributed by atoms with Gasteiger partial charge in [0.25, 0.3) is 5.56 Å². The molecule has 1 aromatic heterocycles. The van der Waals surface area contributed by atoms with Gasteiger partial charge in [-0.15, -0.1) is 0 Å². The van der Waals surface area contributed by atoms with Gasteiger partial charge >= 0.3 is 5.97 Å². The monoisotopic (exact) mass is 425 g/mol. The first-order valence-corrected chi connectivity index (χ1v) is 9.25. The molecule has 0 radical (unpaired) electrons. The van der Waals surface area contributed by atoms with Crippen LogP contribution in [0, 0.1) is 0 Å². The van der Waals surface area contributed by atoms with Crippen molar-refractivity contribution < 1.29 is 23.5 Å². The summed E-state index contributed by atoms with van der Waals surface area (Å²) in [4.78, 5) is 28.5. The number of hydrogen-bond acceptors (Lipinski definition) is 9. The molecule has 0 amide bonds. The quantitative estimate of drug-likeness (QED) is 0.440. The van der Waals surface area contributed by atoms with Gasteiger partial charge in [-0.2, -0.15) is 10.1 Å². The zero-order valence-electron chi connectivity index (χ0n) is 17.0. The molecule has 0 aliphatic carbocycles. The number of esters is 1. The molecular weight excluding hydrogens is 406 g/mol. The molecule has 3 heterocycles. The number of aryl methyl sites for hydroxylation is 2. The first-order valence-electron chi connectivity index (χ1n) is 9.25. The van der Waals surface area contributed by atoms with E-state index >= 15 is 0 Å². The van der Waals surface area contributed by atoms with E-state index in [0.29, 0.717) is 47.3 Å². The molecule has 1 N–H and O–H groups in total. The number of aromatic amines is 1. The average Bonchev–Trinajstić information content (AvgIpc) is 3.43. The summed E-state index contributed by atoms with van der Waals surface area (Å²) in [5.74, 6) is 1.37. The van der Waals surface area contributed by atoms with E-state index in [1.54, 1.807) is 49.4 Å². The smallest absolute Gasteiger partial charge is 0.341 e. The number of nitrogens with zero attached hydrogens (tertiary/aromatic N) is 4. The fraction of sp³-hybridized carbons (Fsp3) is 0.250. The van der Waals surface area contributed by atoms with Crippen LogP contribution < -0.4 is 15.0 Å². The van der Waals surface area contributed by atoms with E-state index in [2.05, 4.69) is 20.3 Å². The van der Waals surface area contributed by atoms with Crippen LogP contribution in [0.4, 0.5) is 0 Å². The topological polar surface area (TPSA) is 134 Å². The van der Waals surface area contributed by atoms with Gasteiger partial charge in [-0.1, -0.05) is 5.16 Å². The van der Waals surface area contributed by atoms with Crippen LogP contribution in [0.15, 0.2) is 39.9 Å². The molecule has 11 heteroatoms. The molecule has 0 fully saturated rings.